The highest BCUT2D eigenvalue weighted by Crippen LogP contribution is 2.10. The van der Waals surface area contributed by atoms with Crippen molar-refractivity contribution in [2.24, 2.45) is 0 Å². The van der Waals surface area contributed by atoms with E-state index in [9.17, 15) is 0 Å². The summed E-state index contributed by atoms with van der Waals surface area (Å²) in [7, 11) is 0. The largest absolute Gasteiger partial charge is 0.311 e. The normalized spacial score (nSPS) is 10.6. The van der Waals surface area contributed by atoms with Crippen molar-refractivity contribution in [2.45, 2.75) is 26.8 Å². The smallest absolute Gasteiger partial charge is 0.178 e. The fraction of sp³-hybridized carbons (Fsp3) is 0.385. The molecule has 0 saturated carbocycles. The molecule has 0 unspecified atom stereocenters. The standard InChI is InChI=1S/C13H17N5/c1-3-6-14-9-11-4-7-16-13(18-11)12-5-8-15-10(2)17-12/h4-5,7-8,14H,3,6,9H2,1-2H3. The van der Waals surface area contributed by atoms with Crippen molar-refractivity contribution in [2.75, 3.05) is 6.54 Å². The van der Waals surface area contributed by atoms with Gasteiger partial charge in [-0.25, -0.2) is 19.9 Å². The predicted molar refractivity (Wildman–Crippen MR) is 69.8 cm³/mol. The SMILES string of the molecule is CCCNCc1ccnc(-c2ccnc(C)n2)n1. The van der Waals surface area contributed by atoms with E-state index in [1.54, 1.807) is 12.4 Å². The molecule has 2 rings (SSSR count). The van der Waals surface area contributed by atoms with E-state index in [1.807, 2.05) is 19.1 Å². The Balaban J connectivity index is 2.16. The number of hydrogen-bond donors (Lipinski definition) is 1. The van der Waals surface area contributed by atoms with E-state index in [4.69, 9.17) is 0 Å². The van der Waals surface area contributed by atoms with Gasteiger partial charge in [0.2, 0.25) is 0 Å². The van der Waals surface area contributed by atoms with Gasteiger partial charge in [-0.15, -0.1) is 0 Å². The van der Waals surface area contributed by atoms with Crippen molar-refractivity contribution in [1.82, 2.24) is 25.3 Å². The Morgan fingerprint density at radius 3 is 2.72 bits per heavy atom. The zero-order valence-corrected chi connectivity index (χ0v) is 10.7. The summed E-state index contributed by atoms with van der Waals surface area (Å²) in [5.41, 5.74) is 1.74. The third kappa shape index (κ3) is 3.30. The molecule has 0 bridgehead atoms. The average Bonchev–Trinajstić information content (AvgIpc) is 2.39. The van der Waals surface area contributed by atoms with Gasteiger partial charge in [-0.1, -0.05) is 6.92 Å². The minimum atomic E-state index is 0.649. The first kappa shape index (κ1) is 12.6. The van der Waals surface area contributed by atoms with Gasteiger partial charge in [0.1, 0.15) is 11.5 Å². The second-order valence-electron chi connectivity index (χ2n) is 4.04. The Labute approximate surface area is 107 Å². The average molecular weight is 243 g/mol. The van der Waals surface area contributed by atoms with Crippen LogP contribution in [0, 0.1) is 6.92 Å². The Hall–Kier alpha value is -1.88. The molecule has 5 heteroatoms. The molecule has 0 atom stereocenters. The lowest BCUT2D eigenvalue weighted by Gasteiger charge is -2.04. The first-order valence-electron chi connectivity index (χ1n) is 6.12. The summed E-state index contributed by atoms with van der Waals surface area (Å²) in [6, 6.07) is 3.74. The van der Waals surface area contributed by atoms with Gasteiger partial charge in [0.25, 0.3) is 0 Å². The van der Waals surface area contributed by atoms with E-state index in [-0.39, 0.29) is 0 Å². The Morgan fingerprint density at radius 2 is 1.94 bits per heavy atom. The predicted octanol–water partition coefficient (Wildman–Crippen LogP) is 1.74. The minimum Gasteiger partial charge on any atom is -0.311 e. The topological polar surface area (TPSA) is 63.6 Å². The van der Waals surface area contributed by atoms with Gasteiger partial charge in [-0.3, -0.25) is 0 Å². The van der Waals surface area contributed by atoms with Crippen LogP contribution in [0.3, 0.4) is 0 Å². The van der Waals surface area contributed by atoms with E-state index < -0.39 is 0 Å². The van der Waals surface area contributed by atoms with Crippen LogP contribution >= 0.6 is 0 Å². The second kappa shape index (κ2) is 6.16. The zero-order valence-electron chi connectivity index (χ0n) is 10.7. The number of aryl methyl sites for hydroxylation is 1. The lowest BCUT2D eigenvalue weighted by atomic mass is 10.3. The van der Waals surface area contributed by atoms with Crippen molar-refractivity contribution in [3.05, 3.63) is 36.0 Å². The van der Waals surface area contributed by atoms with Crippen LogP contribution in [-0.2, 0) is 6.54 Å². The monoisotopic (exact) mass is 243 g/mol. The second-order valence-corrected chi connectivity index (χ2v) is 4.04. The third-order valence-electron chi connectivity index (χ3n) is 2.45. The van der Waals surface area contributed by atoms with Crippen LogP contribution in [-0.4, -0.2) is 26.5 Å². The molecule has 0 radical (unpaired) electrons. The lowest BCUT2D eigenvalue weighted by molar-refractivity contribution is 0.663. The summed E-state index contributed by atoms with van der Waals surface area (Å²) in [6.07, 6.45) is 4.61. The van der Waals surface area contributed by atoms with Crippen LogP contribution < -0.4 is 5.32 Å². The highest BCUT2D eigenvalue weighted by Gasteiger charge is 2.04. The van der Waals surface area contributed by atoms with Crippen LogP contribution in [0.1, 0.15) is 24.9 Å². The van der Waals surface area contributed by atoms with Crippen molar-refractivity contribution >= 4 is 0 Å². The van der Waals surface area contributed by atoms with Gasteiger partial charge in [-0.05, 0) is 32.0 Å². The molecule has 94 valence electrons. The summed E-state index contributed by atoms with van der Waals surface area (Å²) >= 11 is 0. The minimum absolute atomic E-state index is 0.649. The Kier molecular flexibility index (Phi) is 4.30. The Morgan fingerprint density at radius 1 is 1.11 bits per heavy atom. The van der Waals surface area contributed by atoms with Crippen LogP contribution in [0.4, 0.5) is 0 Å². The third-order valence-corrected chi connectivity index (χ3v) is 2.45. The number of aromatic nitrogens is 4. The number of nitrogens with zero attached hydrogens (tertiary/aromatic N) is 4. The maximum atomic E-state index is 4.49. The van der Waals surface area contributed by atoms with Crippen LogP contribution in [0.15, 0.2) is 24.5 Å². The fourth-order valence-electron chi connectivity index (χ4n) is 1.59. The summed E-state index contributed by atoms with van der Waals surface area (Å²) in [4.78, 5) is 17.1. The Bertz CT molecular complexity index is 512. The maximum absolute atomic E-state index is 4.49. The molecule has 0 saturated heterocycles. The van der Waals surface area contributed by atoms with Crippen molar-refractivity contribution < 1.29 is 0 Å². The van der Waals surface area contributed by atoms with Gasteiger partial charge < -0.3 is 5.32 Å². The van der Waals surface area contributed by atoms with Crippen LogP contribution in [0.5, 0.6) is 0 Å². The van der Waals surface area contributed by atoms with Gasteiger partial charge >= 0.3 is 0 Å². The molecular weight excluding hydrogens is 226 g/mol. The zero-order chi connectivity index (χ0) is 12.8. The summed E-state index contributed by atoms with van der Waals surface area (Å²) < 4.78 is 0. The molecule has 0 amide bonds. The molecule has 18 heavy (non-hydrogen) atoms. The molecule has 2 aromatic heterocycles. The van der Waals surface area contributed by atoms with E-state index in [0.29, 0.717) is 5.82 Å². The van der Waals surface area contributed by atoms with E-state index in [2.05, 4.69) is 32.2 Å². The fourth-order valence-corrected chi connectivity index (χ4v) is 1.59. The van der Waals surface area contributed by atoms with Crippen LogP contribution in [0.2, 0.25) is 0 Å². The molecule has 1 N–H and O–H groups in total. The molecule has 0 fully saturated rings. The van der Waals surface area contributed by atoms with E-state index >= 15 is 0 Å². The highest BCUT2D eigenvalue weighted by molar-refractivity contribution is 5.47. The van der Waals surface area contributed by atoms with Crippen molar-refractivity contribution in [3.8, 4) is 11.5 Å². The summed E-state index contributed by atoms with van der Waals surface area (Å²) in [5.74, 6) is 1.38. The molecule has 0 spiro atoms. The van der Waals surface area contributed by atoms with E-state index in [0.717, 1.165) is 36.7 Å². The van der Waals surface area contributed by atoms with Gasteiger partial charge in [0.05, 0.1) is 5.69 Å². The highest BCUT2D eigenvalue weighted by atomic mass is 15.0. The lowest BCUT2D eigenvalue weighted by Crippen LogP contribution is -2.15. The van der Waals surface area contributed by atoms with Gasteiger partial charge in [-0.2, -0.15) is 0 Å². The van der Waals surface area contributed by atoms with E-state index in [1.165, 1.54) is 0 Å². The molecule has 0 aromatic carbocycles. The first-order valence-corrected chi connectivity index (χ1v) is 6.12. The quantitative estimate of drug-likeness (QED) is 0.810. The molecule has 0 aliphatic heterocycles. The van der Waals surface area contributed by atoms with Crippen LogP contribution in [0.25, 0.3) is 11.5 Å². The first-order chi connectivity index (χ1) is 8.79. The van der Waals surface area contributed by atoms with Gasteiger partial charge in [0.15, 0.2) is 5.82 Å². The number of nitrogens with one attached hydrogen (secondary N) is 1. The molecule has 5 nitrogen and oxygen atoms in total. The molecular formula is C13H17N5. The maximum Gasteiger partial charge on any atom is 0.178 e. The molecule has 2 aromatic rings. The number of hydrogen-bond acceptors (Lipinski definition) is 5. The van der Waals surface area contributed by atoms with Gasteiger partial charge in [0, 0.05) is 18.9 Å². The summed E-state index contributed by atoms with van der Waals surface area (Å²) in [5, 5.41) is 3.32. The van der Waals surface area contributed by atoms with Crippen molar-refractivity contribution in [1.29, 1.82) is 0 Å². The summed E-state index contributed by atoms with van der Waals surface area (Å²) in [6.45, 7) is 5.75. The number of rotatable bonds is 5. The molecule has 0 aliphatic carbocycles. The van der Waals surface area contributed by atoms with Crippen molar-refractivity contribution in [3.63, 3.8) is 0 Å². The molecule has 2 heterocycles. The molecule has 0 aliphatic rings.